The molecule has 1 aliphatic rings. The Morgan fingerprint density at radius 3 is 2.73 bits per heavy atom. The van der Waals surface area contributed by atoms with Gasteiger partial charge in [-0.2, -0.15) is 5.10 Å². The van der Waals surface area contributed by atoms with Crippen LogP contribution in [-0.2, 0) is 17.8 Å². The maximum absolute atomic E-state index is 6.01. The van der Waals surface area contributed by atoms with Crippen molar-refractivity contribution >= 4 is 5.96 Å². The third-order valence-electron chi connectivity index (χ3n) is 3.62. The van der Waals surface area contributed by atoms with E-state index in [1.165, 1.54) is 5.56 Å². The summed E-state index contributed by atoms with van der Waals surface area (Å²) in [6, 6.07) is 12.3. The molecule has 1 aliphatic heterocycles. The van der Waals surface area contributed by atoms with E-state index in [0.29, 0.717) is 25.7 Å². The molecule has 1 aromatic heterocycles. The van der Waals surface area contributed by atoms with E-state index in [2.05, 4.69) is 22.2 Å². The zero-order chi connectivity index (χ0) is 15.2. The van der Waals surface area contributed by atoms with Gasteiger partial charge in [0.1, 0.15) is 0 Å². The van der Waals surface area contributed by atoms with Gasteiger partial charge in [-0.05, 0) is 11.6 Å². The van der Waals surface area contributed by atoms with Crippen molar-refractivity contribution in [3.8, 4) is 0 Å². The van der Waals surface area contributed by atoms with Gasteiger partial charge in [-0.15, -0.1) is 0 Å². The molecular formula is C16H21N5O. The third kappa shape index (κ3) is 3.85. The Bertz CT molecular complexity index is 616. The van der Waals surface area contributed by atoms with Gasteiger partial charge in [0, 0.05) is 19.3 Å². The van der Waals surface area contributed by atoms with Crippen LogP contribution in [0.4, 0.5) is 0 Å². The summed E-state index contributed by atoms with van der Waals surface area (Å²) >= 11 is 0. The van der Waals surface area contributed by atoms with E-state index in [0.717, 1.165) is 25.3 Å². The summed E-state index contributed by atoms with van der Waals surface area (Å²) in [7, 11) is 0. The van der Waals surface area contributed by atoms with Crippen LogP contribution < -0.4 is 5.73 Å². The smallest absolute Gasteiger partial charge is 0.191 e. The molecule has 0 aliphatic carbocycles. The Hall–Kier alpha value is -2.34. The van der Waals surface area contributed by atoms with Gasteiger partial charge < -0.3 is 15.4 Å². The number of hydrogen-bond acceptors (Lipinski definition) is 3. The molecule has 0 amide bonds. The number of aliphatic imine (C=N–C) groups is 1. The lowest BCUT2D eigenvalue weighted by Gasteiger charge is -2.27. The number of nitrogens with two attached hydrogens (primary N) is 1. The maximum Gasteiger partial charge on any atom is 0.191 e. The number of ether oxygens (including phenoxy) is 1. The zero-order valence-corrected chi connectivity index (χ0v) is 12.6. The molecule has 0 atom stereocenters. The molecule has 3 rings (SSSR count). The van der Waals surface area contributed by atoms with Crippen molar-refractivity contribution in [3.05, 3.63) is 53.9 Å². The van der Waals surface area contributed by atoms with Crippen LogP contribution in [0, 0.1) is 0 Å². The van der Waals surface area contributed by atoms with Crippen LogP contribution >= 0.6 is 0 Å². The molecule has 1 aromatic carbocycles. The molecule has 0 unspecified atom stereocenters. The van der Waals surface area contributed by atoms with Gasteiger partial charge in [0.15, 0.2) is 5.96 Å². The first-order chi connectivity index (χ1) is 10.8. The molecule has 0 spiro atoms. The van der Waals surface area contributed by atoms with Gasteiger partial charge in [0.2, 0.25) is 0 Å². The Kier molecular flexibility index (Phi) is 4.70. The Morgan fingerprint density at radius 2 is 1.95 bits per heavy atom. The van der Waals surface area contributed by atoms with Crippen LogP contribution in [0.5, 0.6) is 0 Å². The first-order valence-corrected chi connectivity index (χ1v) is 7.50. The molecule has 0 radical (unpaired) electrons. The standard InChI is InChI=1S/C16H21N5O/c17-16(20-8-10-22-11-9-20)18-12-15-6-7-21(19-15)13-14-4-2-1-3-5-14/h1-7H,8-13H2,(H2,17,18). The number of rotatable bonds is 4. The number of guanidine groups is 1. The molecule has 1 fully saturated rings. The molecule has 0 saturated carbocycles. The largest absolute Gasteiger partial charge is 0.378 e. The van der Waals surface area contributed by atoms with E-state index in [4.69, 9.17) is 10.5 Å². The molecule has 2 N–H and O–H groups in total. The van der Waals surface area contributed by atoms with E-state index in [1.54, 1.807) is 0 Å². The predicted octanol–water partition coefficient (Wildman–Crippen LogP) is 1.08. The second-order valence-corrected chi connectivity index (χ2v) is 5.26. The highest BCUT2D eigenvalue weighted by molar-refractivity contribution is 5.78. The average Bonchev–Trinajstić information content (AvgIpc) is 3.02. The fourth-order valence-corrected chi connectivity index (χ4v) is 2.40. The highest BCUT2D eigenvalue weighted by Gasteiger charge is 2.12. The summed E-state index contributed by atoms with van der Waals surface area (Å²) in [4.78, 5) is 6.47. The normalized spacial score (nSPS) is 16.0. The van der Waals surface area contributed by atoms with Gasteiger partial charge in [0.05, 0.1) is 32.0 Å². The van der Waals surface area contributed by atoms with E-state index in [1.807, 2.05) is 40.0 Å². The quantitative estimate of drug-likeness (QED) is 0.677. The minimum Gasteiger partial charge on any atom is -0.378 e. The van der Waals surface area contributed by atoms with Crippen molar-refractivity contribution in [2.45, 2.75) is 13.1 Å². The second kappa shape index (κ2) is 7.09. The SMILES string of the molecule is NC(=NCc1ccn(Cc2ccccc2)n1)N1CCOCC1. The molecular weight excluding hydrogens is 278 g/mol. The highest BCUT2D eigenvalue weighted by atomic mass is 16.5. The summed E-state index contributed by atoms with van der Waals surface area (Å²) < 4.78 is 7.23. The van der Waals surface area contributed by atoms with Crippen LogP contribution in [0.2, 0.25) is 0 Å². The van der Waals surface area contributed by atoms with Crippen LogP contribution in [0.1, 0.15) is 11.3 Å². The fraction of sp³-hybridized carbons (Fsp3) is 0.375. The van der Waals surface area contributed by atoms with Gasteiger partial charge in [-0.1, -0.05) is 30.3 Å². The number of nitrogens with zero attached hydrogens (tertiary/aromatic N) is 4. The lowest BCUT2D eigenvalue weighted by Crippen LogP contribution is -2.44. The van der Waals surface area contributed by atoms with Crippen molar-refractivity contribution in [2.75, 3.05) is 26.3 Å². The summed E-state index contributed by atoms with van der Waals surface area (Å²) in [5, 5.41) is 4.53. The molecule has 2 heterocycles. The van der Waals surface area contributed by atoms with E-state index in [-0.39, 0.29) is 0 Å². The summed E-state index contributed by atoms with van der Waals surface area (Å²) in [5.41, 5.74) is 8.17. The van der Waals surface area contributed by atoms with Gasteiger partial charge >= 0.3 is 0 Å². The Balaban J connectivity index is 1.57. The molecule has 22 heavy (non-hydrogen) atoms. The monoisotopic (exact) mass is 299 g/mol. The van der Waals surface area contributed by atoms with E-state index >= 15 is 0 Å². The zero-order valence-electron chi connectivity index (χ0n) is 12.6. The Labute approximate surface area is 130 Å². The number of aromatic nitrogens is 2. The minimum atomic E-state index is 0.505. The predicted molar refractivity (Wildman–Crippen MR) is 85.5 cm³/mol. The lowest BCUT2D eigenvalue weighted by atomic mass is 10.2. The fourth-order valence-electron chi connectivity index (χ4n) is 2.40. The van der Waals surface area contributed by atoms with E-state index in [9.17, 15) is 0 Å². The minimum absolute atomic E-state index is 0.505. The molecule has 6 heteroatoms. The van der Waals surface area contributed by atoms with Crippen molar-refractivity contribution < 1.29 is 4.74 Å². The first-order valence-electron chi connectivity index (χ1n) is 7.50. The van der Waals surface area contributed by atoms with Gasteiger partial charge in [-0.25, -0.2) is 4.99 Å². The molecule has 1 saturated heterocycles. The molecule has 6 nitrogen and oxygen atoms in total. The number of benzene rings is 1. The molecule has 116 valence electrons. The van der Waals surface area contributed by atoms with Crippen molar-refractivity contribution in [1.29, 1.82) is 0 Å². The topological polar surface area (TPSA) is 68.7 Å². The lowest BCUT2D eigenvalue weighted by molar-refractivity contribution is 0.0674. The summed E-state index contributed by atoms with van der Waals surface area (Å²) in [5.74, 6) is 0.570. The first kappa shape index (κ1) is 14.6. The Morgan fingerprint density at radius 1 is 1.18 bits per heavy atom. The highest BCUT2D eigenvalue weighted by Crippen LogP contribution is 2.04. The number of morpholine rings is 1. The van der Waals surface area contributed by atoms with Crippen LogP contribution in [0.3, 0.4) is 0 Å². The van der Waals surface area contributed by atoms with Crippen molar-refractivity contribution in [1.82, 2.24) is 14.7 Å². The second-order valence-electron chi connectivity index (χ2n) is 5.26. The molecule has 0 bridgehead atoms. The van der Waals surface area contributed by atoms with Gasteiger partial charge in [-0.3, -0.25) is 4.68 Å². The van der Waals surface area contributed by atoms with Gasteiger partial charge in [0.25, 0.3) is 0 Å². The van der Waals surface area contributed by atoms with Crippen molar-refractivity contribution in [2.24, 2.45) is 10.7 Å². The maximum atomic E-state index is 6.01. The molecule has 2 aromatic rings. The van der Waals surface area contributed by atoms with Crippen molar-refractivity contribution in [3.63, 3.8) is 0 Å². The van der Waals surface area contributed by atoms with Crippen LogP contribution in [0.15, 0.2) is 47.6 Å². The summed E-state index contributed by atoms with van der Waals surface area (Å²) in [6.07, 6.45) is 1.97. The van der Waals surface area contributed by atoms with E-state index < -0.39 is 0 Å². The average molecular weight is 299 g/mol. The number of hydrogen-bond donors (Lipinski definition) is 1. The third-order valence-corrected chi connectivity index (χ3v) is 3.62. The van der Waals surface area contributed by atoms with Crippen LogP contribution in [-0.4, -0.2) is 46.9 Å². The van der Waals surface area contributed by atoms with Crippen LogP contribution in [0.25, 0.3) is 0 Å². The summed E-state index contributed by atoms with van der Waals surface area (Å²) in [6.45, 7) is 4.30.